The average molecular weight is 350 g/mol. The second kappa shape index (κ2) is 6.25. The van der Waals surface area contributed by atoms with E-state index in [0.29, 0.717) is 0 Å². The summed E-state index contributed by atoms with van der Waals surface area (Å²) in [4.78, 5) is 4.55. The van der Waals surface area contributed by atoms with Crippen LogP contribution in [0.2, 0.25) is 0 Å². The molecule has 0 aliphatic carbocycles. The number of imidazole rings is 1. The molecule has 0 saturated heterocycles. The summed E-state index contributed by atoms with van der Waals surface area (Å²) in [5.41, 5.74) is 7.62. The first kappa shape index (κ1) is 15.6. The molecule has 0 fully saturated rings. The predicted molar refractivity (Wildman–Crippen MR) is 108 cm³/mol. The highest BCUT2D eigenvalue weighted by molar-refractivity contribution is 5.83. The van der Waals surface area contributed by atoms with Gasteiger partial charge in [0.2, 0.25) is 0 Å². The van der Waals surface area contributed by atoms with E-state index in [9.17, 15) is 0 Å². The summed E-state index contributed by atoms with van der Waals surface area (Å²) in [6, 6.07) is 27.0. The largest absolute Gasteiger partial charge is 0.299 e. The van der Waals surface area contributed by atoms with E-state index in [4.69, 9.17) is 0 Å². The summed E-state index contributed by atoms with van der Waals surface area (Å²) >= 11 is 0. The van der Waals surface area contributed by atoms with Gasteiger partial charge in [0.15, 0.2) is 0 Å². The minimum Gasteiger partial charge on any atom is -0.299 e. The molecule has 0 N–H and O–H groups in total. The van der Waals surface area contributed by atoms with E-state index in [-0.39, 0.29) is 0 Å². The monoisotopic (exact) mass is 350 g/mol. The first-order chi connectivity index (χ1) is 13.3. The van der Waals surface area contributed by atoms with E-state index in [1.807, 2.05) is 47.5 Å². The summed E-state index contributed by atoms with van der Waals surface area (Å²) in [6.07, 6.45) is 3.73. The molecule has 0 amide bonds. The lowest BCUT2D eigenvalue weighted by Crippen LogP contribution is -2.01. The number of nitrogens with zero attached hydrogens (tertiary/aromatic N) is 4. The Morgan fingerprint density at radius 2 is 1.63 bits per heavy atom. The zero-order valence-electron chi connectivity index (χ0n) is 14.9. The molecular formula is C23H18N4. The molecule has 3 aromatic carbocycles. The summed E-state index contributed by atoms with van der Waals surface area (Å²) in [7, 11) is 0. The normalized spacial score (nSPS) is 11.1. The Morgan fingerprint density at radius 1 is 0.815 bits per heavy atom. The van der Waals surface area contributed by atoms with E-state index in [0.717, 1.165) is 33.7 Å². The van der Waals surface area contributed by atoms with Crippen molar-refractivity contribution in [3.63, 3.8) is 0 Å². The van der Waals surface area contributed by atoms with Crippen LogP contribution in [0.25, 0.3) is 33.7 Å². The van der Waals surface area contributed by atoms with Gasteiger partial charge in [-0.05, 0) is 48.9 Å². The van der Waals surface area contributed by atoms with Crippen molar-refractivity contribution in [3.05, 3.63) is 97.0 Å². The van der Waals surface area contributed by atoms with E-state index in [1.54, 1.807) is 0 Å². The van der Waals surface area contributed by atoms with Gasteiger partial charge >= 0.3 is 0 Å². The molecule has 4 heteroatoms. The number of fused-ring (bicyclic) bond motifs is 1. The second-order valence-corrected chi connectivity index (χ2v) is 6.57. The van der Waals surface area contributed by atoms with Crippen LogP contribution >= 0.6 is 0 Å². The number of aryl methyl sites for hydroxylation is 1. The maximum atomic E-state index is 4.57. The lowest BCUT2D eigenvalue weighted by Gasteiger charge is -2.11. The van der Waals surface area contributed by atoms with Crippen LogP contribution in [0.15, 0.2) is 91.4 Å². The van der Waals surface area contributed by atoms with E-state index >= 15 is 0 Å². The third-order valence-electron chi connectivity index (χ3n) is 4.86. The molecule has 0 saturated carbocycles. The van der Waals surface area contributed by atoms with Crippen LogP contribution in [-0.2, 0) is 0 Å². The van der Waals surface area contributed by atoms with E-state index in [2.05, 4.69) is 70.1 Å². The van der Waals surface area contributed by atoms with Gasteiger partial charge in [0.1, 0.15) is 6.33 Å². The first-order valence-electron chi connectivity index (χ1n) is 8.94. The topological polar surface area (TPSA) is 35.6 Å². The predicted octanol–water partition coefficient (Wildman–Crippen LogP) is 5.19. The number of aromatic nitrogens is 4. The van der Waals surface area contributed by atoms with Gasteiger partial charge in [0.05, 0.1) is 28.6 Å². The standard InChI is InChI=1S/C23H18N4/c1-17-7-5-6-10-21(17)27-22(13-14-25-27)18-11-12-20-23(15-18)26(16-24-20)19-8-3-2-4-9-19/h2-16H,1H3. The number of hydrogen-bond donors (Lipinski definition) is 0. The van der Waals surface area contributed by atoms with Crippen LogP contribution in [0.1, 0.15) is 5.56 Å². The fourth-order valence-electron chi connectivity index (χ4n) is 3.48. The fourth-order valence-corrected chi connectivity index (χ4v) is 3.48. The van der Waals surface area contributed by atoms with Crippen molar-refractivity contribution in [2.75, 3.05) is 0 Å². The lowest BCUT2D eigenvalue weighted by molar-refractivity contribution is 0.880. The molecule has 0 aliphatic heterocycles. The van der Waals surface area contributed by atoms with Crippen LogP contribution < -0.4 is 0 Å². The van der Waals surface area contributed by atoms with Crippen LogP contribution in [0.3, 0.4) is 0 Å². The van der Waals surface area contributed by atoms with Crippen molar-refractivity contribution in [2.45, 2.75) is 6.92 Å². The van der Waals surface area contributed by atoms with Crippen molar-refractivity contribution in [2.24, 2.45) is 0 Å². The Kier molecular flexibility index (Phi) is 3.61. The van der Waals surface area contributed by atoms with Gasteiger partial charge in [-0.1, -0.05) is 42.5 Å². The molecule has 27 heavy (non-hydrogen) atoms. The number of para-hydroxylation sites is 2. The Labute approximate surface area is 157 Å². The zero-order valence-corrected chi connectivity index (χ0v) is 14.9. The molecule has 5 aromatic rings. The SMILES string of the molecule is Cc1ccccc1-n1nccc1-c1ccc2ncn(-c3ccccc3)c2c1. The van der Waals surface area contributed by atoms with Crippen molar-refractivity contribution in [3.8, 4) is 22.6 Å². The molecule has 2 aromatic heterocycles. The molecule has 2 heterocycles. The van der Waals surface area contributed by atoms with Crippen LogP contribution in [0.4, 0.5) is 0 Å². The van der Waals surface area contributed by atoms with Crippen molar-refractivity contribution < 1.29 is 0 Å². The smallest absolute Gasteiger partial charge is 0.100 e. The fraction of sp³-hybridized carbons (Fsp3) is 0.0435. The maximum Gasteiger partial charge on any atom is 0.100 e. The van der Waals surface area contributed by atoms with Gasteiger partial charge in [-0.2, -0.15) is 5.10 Å². The molecule has 0 radical (unpaired) electrons. The molecule has 0 spiro atoms. The van der Waals surface area contributed by atoms with Gasteiger partial charge in [-0.3, -0.25) is 4.57 Å². The molecule has 4 nitrogen and oxygen atoms in total. The minimum atomic E-state index is 0.976. The Morgan fingerprint density at radius 3 is 2.48 bits per heavy atom. The molecule has 130 valence electrons. The Bertz CT molecular complexity index is 1230. The first-order valence-corrected chi connectivity index (χ1v) is 8.94. The summed E-state index contributed by atoms with van der Waals surface area (Å²) < 4.78 is 4.12. The third-order valence-corrected chi connectivity index (χ3v) is 4.86. The number of benzene rings is 3. The lowest BCUT2D eigenvalue weighted by atomic mass is 10.1. The molecule has 5 rings (SSSR count). The minimum absolute atomic E-state index is 0.976. The van der Waals surface area contributed by atoms with E-state index in [1.165, 1.54) is 5.56 Å². The number of hydrogen-bond acceptors (Lipinski definition) is 2. The highest BCUT2D eigenvalue weighted by Crippen LogP contribution is 2.28. The summed E-state index contributed by atoms with van der Waals surface area (Å²) in [5, 5.41) is 4.57. The Hall–Kier alpha value is -3.66. The Balaban J connectivity index is 1.68. The van der Waals surface area contributed by atoms with E-state index < -0.39 is 0 Å². The summed E-state index contributed by atoms with van der Waals surface area (Å²) in [6.45, 7) is 2.11. The average Bonchev–Trinajstić information content (AvgIpc) is 3.35. The van der Waals surface area contributed by atoms with Gasteiger partial charge in [-0.15, -0.1) is 0 Å². The molecule has 0 unspecified atom stereocenters. The van der Waals surface area contributed by atoms with Crippen LogP contribution in [0.5, 0.6) is 0 Å². The number of rotatable bonds is 3. The quantitative estimate of drug-likeness (QED) is 0.449. The molecule has 0 atom stereocenters. The molecule has 0 aliphatic rings. The molecule has 0 bridgehead atoms. The summed E-state index contributed by atoms with van der Waals surface area (Å²) in [5.74, 6) is 0. The van der Waals surface area contributed by atoms with Gasteiger partial charge in [0.25, 0.3) is 0 Å². The third kappa shape index (κ3) is 2.62. The zero-order chi connectivity index (χ0) is 18.2. The van der Waals surface area contributed by atoms with Gasteiger partial charge in [-0.25, -0.2) is 9.67 Å². The van der Waals surface area contributed by atoms with Crippen molar-refractivity contribution in [1.82, 2.24) is 19.3 Å². The van der Waals surface area contributed by atoms with Crippen molar-refractivity contribution >= 4 is 11.0 Å². The second-order valence-electron chi connectivity index (χ2n) is 6.57. The molecular weight excluding hydrogens is 332 g/mol. The highest BCUT2D eigenvalue weighted by atomic mass is 15.3. The van der Waals surface area contributed by atoms with Crippen molar-refractivity contribution in [1.29, 1.82) is 0 Å². The highest BCUT2D eigenvalue weighted by Gasteiger charge is 2.12. The maximum absolute atomic E-state index is 4.57. The van der Waals surface area contributed by atoms with Gasteiger partial charge in [0, 0.05) is 11.3 Å². The van der Waals surface area contributed by atoms with Crippen LogP contribution in [-0.4, -0.2) is 19.3 Å². The van der Waals surface area contributed by atoms with Crippen LogP contribution in [0, 0.1) is 6.92 Å². The van der Waals surface area contributed by atoms with Gasteiger partial charge < -0.3 is 0 Å².